The molecule has 1 atom stereocenters. The van der Waals surface area contributed by atoms with Crippen LogP contribution in [0, 0.1) is 5.41 Å². The Labute approximate surface area is 106 Å². The molecule has 0 bridgehead atoms. The van der Waals surface area contributed by atoms with Crippen molar-refractivity contribution in [1.29, 1.82) is 0 Å². The zero-order valence-corrected chi connectivity index (χ0v) is 10.4. The molecular formula is C15H16O3. The third kappa shape index (κ3) is 1.76. The van der Waals surface area contributed by atoms with Crippen LogP contribution in [0.25, 0.3) is 0 Å². The quantitative estimate of drug-likeness (QED) is 0.466. The number of carbonyl (C=O) groups is 2. The average molecular weight is 244 g/mol. The highest BCUT2D eigenvalue weighted by atomic mass is 16.5. The number of esters is 1. The van der Waals surface area contributed by atoms with Crippen molar-refractivity contribution in [1.82, 2.24) is 0 Å². The number of allylic oxidation sites excluding steroid dienone is 1. The van der Waals surface area contributed by atoms with Crippen molar-refractivity contribution in [2.75, 3.05) is 7.11 Å². The first kappa shape index (κ1) is 12.6. The lowest BCUT2D eigenvalue weighted by atomic mass is 9.68. The number of Topliss-reactive ketones (excluding diaryl/α,β-unsaturated/α-hetero) is 1. The molecule has 0 aliphatic heterocycles. The first-order chi connectivity index (χ1) is 8.65. The minimum atomic E-state index is -1.08. The lowest BCUT2D eigenvalue weighted by Gasteiger charge is -2.33. The summed E-state index contributed by atoms with van der Waals surface area (Å²) in [5.41, 5.74) is 0.562. The summed E-state index contributed by atoms with van der Waals surface area (Å²) in [6.07, 6.45) is 3.14. The summed E-state index contributed by atoms with van der Waals surface area (Å²) in [7, 11) is 1.32. The second-order valence-electron chi connectivity index (χ2n) is 4.55. The molecule has 94 valence electrons. The van der Waals surface area contributed by atoms with Gasteiger partial charge >= 0.3 is 5.97 Å². The van der Waals surface area contributed by atoms with E-state index in [1.807, 2.05) is 18.2 Å². The summed E-state index contributed by atoms with van der Waals surface area (Å²) in [4.78, 5) is 24.6. The maximum absolute atomic E-state index is 12.6. The van der Waals surface area contributed by atoms with Crippen LogP contribution in [-0.4, -0.2) is 18.9 Å². The second kappa shape index (κ2) is 4.77. The van der Waals surface area contributed by atoms with Crippen molar-refractivity contribution in [2.24, 2.45) is 5.41 Å². The molecule has 3 heteroatoms. The number of aryl methyl sites for hydroxylation is 1. The van der Waals surface area contributed by atoms with Gasteiger partial charge in [-0.15, -0.1) is 6.58 Å². The highest BCUT2D eigenvalue weighted by molar-refractivity contribution is 6.14. The van der Waals surface area contributed by atoms with Gasteiger partial charge in [-0.1, -0.05) is 30.3 Å². The molecule has 18 heavy (non-hydrogen) atoms. The lowest BCUT2D eigenvalue weighted by molar-refractivity contribution is -0.150. The van der Waals surface area contributed by atoms with Gasteiger partial charge in [0.1, 0.15) is 5.41 Å². The summed E-state index contributed by atoms with van der Waals surface area (Å²) < 4.78 is 4.82. The van der Waals surface area contributed by atoms with Crippen molar-refractivity contribution >= 4 is 11.8 Å². The third-order valence-corrected chi connectivity index (χ3v) is 3.59. The van der Waals surface area contributed by atoms with Gasteiger partial charge in [0, 0.05) is 5.56 Å². The van der Waals surface area contributed by atoms with E-state index in [1.165, 1.54) is 7.11 Å². The molecule has 0 spiro atoms. The van der Waals surface area contributed by atoms with Gasteiger partial charge in [-0.3, -0.25) is 9.59 Å². The van der Waals surface area contributed by atoms with Crippen LogP contribution in [-0.2, 0) is 16.0 Å². The minimum Gasteiger partial charge on any atom is -0.468 e. The van der Waals surface area contributed by atoms with Crippen molar-refractivity contribution in [3.05, 3.63) is 48.0 Å². The van der Waals surface area contributed by atoms with Gasteiger partial charge in [-0.05, 0) is 24.8 Å². The second-order valence-corrected chi connectivity index (χ2v) is 4.55. The lowest BCUT2D eigenvalue weighted by Crippen LogP contribution is -2.43. The molecule has 0 unspecified atom stereocenters. The number of fused-ring (bicyclic) bond motifs is 1. The maximum atomic E-state index is 12.6. The Balaban J connectivity index is 2.50. The molecule has 1 aliphatic rings. The summed E-state index contributed by atoms with van der Waals surface area (Å²) in [5.74, 6) is -0.599. The van der Waals surface area contributed by atoms with Crippen molar-refractivity contribution in [3.63, 3.8) is 0 Å². The number of ether oxygens (including phenoxy) is 1. The molecule has 1 aromatic carbocycles. The van der Waals surface area contributed by atoms with E-state index in [0.29, 0.717) is 24.8 Å². The van der Waals surface area contributed by atoms with E-state index in [9.17, 15) is 9.59 Å². The SMILES string of the molecule is C=CC[C@]1(C(=O)OC)CCc2ccccc2C1=O. The van der Waals surface area contributed by atoms with Crippen molar-refractivity contribution in [2.45, 2.75) is 19.3 Å². The Kier molecular flexibility index (Phi) is 3.32. The first-order valence-corrected chi connectivity index (χ1v) is 5.98. The number of methoxy groups -OCH3 is 1. The zero-order chi connectivity index (χ0) is 13.2. The van der Waals surface area contributed by atoms with E-state index in [1.54, 1.807) is 12.1 Å². The van der Waals surface area contributed by atoms with Gasteiger partial charge in [0.2, 0.25) is 0 Å². The predicted molar refractivity (Wildman–Crippen MR) is 68.4 cm³/mol. The van der Waals surface area contributed by atoms with E-state index in [4.69, 9.17) is 4.74 Å². The van der Waals surface area contributed by atoms with Crippen LogP contribution in [0.1, 0.15) is 28.8 Å². The molecule has 2 rings (SSSR count). The van der Waals surface area contributed by atoms with Crippen LogP contribution in [0.3, 0.4) is 0 Å². The predicted octanol–water partition coefficient (Wildman–Crippen LogP) is 2.55. The van der Waals surface area contributed by atoms with Gasteiger partial charge in [0.15, 0.2) is 5.78 Å². The molecule has 0 saturated carbocycles. The summed E-state index contributed by atoms with van der Waals surface area (Å²) in [5, 5.41) is 0. The van der Waals surface area contributed by atoms with Gasteiger partial charge in [-0.2, -0.15) is 0 Å². The summed E-state index contributed by atoms with van der Waals surface area (Å²) >= 11 is 0. The minimum absolute atomic E-state index is 0.142. The highest BCUT2D eigenvalue weighted by Crippen LogP contribution is 2.39. The molecular weight excluding hydrogens is 228 g/mol. The van der Waals surface area contributed by atoms with Gasteiger partial charge in [0.25, 0.3) is 0 Å². The fraction of sp³-hybridized carbons (Fsp3) is 0.333. The molecule has 0 aromatic heterocycles. The fourth-order valence-electron chi connectivity index (χ4n) is 2.59. The number of rotatable bonds is 3. The Morgan fingerprint density at radius 2 is 2.22 bits per heavy atom. The largest absolute Gasteiger partial charge is 0.468 e. The third-order valence-electron chi connectivity index (χ3n) is 3.59. The van der Waals surface area contributed by atoms with E-state index in [-0.39, 0.29) is 5.78 Å². The Bertz CT molecular complexity index is 504. The van der Waals surface area contributed by atoms with Crippen LogP contribution in [0.15, 0.2) is 36.9 Å². The molecule has 0 radical (unpaired) electrons. The monoisotopic (exact) mass is 244 g/mol. The molecule has 0 saturated heterocycles. The Morgan fingerprint density at radius 1 is 1.50 bits per heavy atom. The van der Waals surface area contributed by atoms with Gasteiger partial charge < -0.3 is 4.74 Å². The average Bonchev–Trinajstić information content (AvgIpc) is 2.41. The van der Waals surface area contributed by atoms with Crippen LogP contribution in [0.4, 0.5) is 0 Å². The smallest absolute Gasteiger partial charge is 0.320 e. The summed E-state index contributed by atoms with van der Waals surface area (Å²) in [6, 6.07) is 7.43. The van der Waals surface area contributed by atoms with E-state index in [2.05, 4.69) is 6.58 Å². The van der Waals surface area contributed by atoms with Crippen molar-refractivity contribution in [3.8, 4) is 0 Å². The van der Waals surface area contributed by atoms with Crippen LogP contribution >= 0.6 is 0 Å². The van der Waals surface area contributed by atoms with Gasteiger partial charge in [-0.25, -0.2) is 0 Å². The fourth-order valence-corrected chi connectivity index (χ4v) is 2.59. The zero-order valence-electron chi connectivity index (χ0n) is 10.4. The van der Waals surface area contributed by atoms with Gasteiger partial charge in [0.05, 0.1) is 7.11 Å². The summed E-state index contributed by atoms with van der Waals surface area (Å²) in [6.45, 7) is 3.65. The first-order valence-electron chi connectivity index (χ1n) is 5.98. The molecule has 0 fully saturated rings. The molecule has 1 aromatic rings. The number of hydrogen-bond acceptors (Lipinski definition) is 3. The molecule has 0 heterocycles. The molecule has 0 N–H and O–H groups in total. The number of hydrogen-bond donors (Lipinski definition) is 0. The highest BCUT2D eigenvalue weighted by Gasteiger charge is 2.48. The van der Waals surface area contributed by atoms with Crippen LogP contribution < -0.4 is 0 Å². The van der Waals surface area contributed by atoms with E-state index in [0.717, 1.165) is 5.56 Å². The van der Waals surface area contributed by atoms with Crippen molar-refractivity contribution < 1.29 is 14.3 Å². The molecule has 3 nitrogen and oxygen atoms in total. The maximum Gasteiger partial charge on any atom is 0.320 e. The van der Waals surface area contributed by atoms with Crippen LogP contribution in [0.5, 0.6) is 0 Å². The number of ketones is 1. The standard InChI is InChI=1S/C15H16O3/c1-3-9-15(14(17)18-2)10-8-11-6-4-5-7-12(11)13(15)16/h3-7H,1,8-10H2,2H3/t15-/m0/s1. The normalized spacial score (nSPS) is 22.2. The number of carbonyl (C=O) groups excluding carboxylic acids is 2. The topological polar surface area (TPSA) is 43.4 Å². The number of benzene rings is 1. The van der Waals surface area contributed by atoms with E-state index < -0.39 is 11.4 Å². The van der Waals surface area contributed by atoms with Crippen LogP contribution in [0.2, 0.25) is 0 Å². The molecule has 0 amide bonds. The molecule has 1 aliphatic carbocycles. The van der Waals surface area contributed by atoms with E-state index >= 15 is 0 Å². The Morgan fingerprint density at radius 3 is 2.89 bits per heavy atom. The Hall–Kier alpha value is -1.90.